The van der Waals surface area contributed by atoms with Crippen LogP contribution in [0.1, 0.15) is 39.0 Å². The third-order valence-electron chi connectivity index (χ3n) is 4.15. The number of nitrogens with one attached hydrogen (secondary N) is 1. The lowest BCUT2D eigenvalue weighted by molar-refractivity contribution is -0.136. The zero-order chi connectivity index (χ0) is 14.2. The van der Waals surface area contributed by atoms with E-state index in [-0.39, 0.29) is 11.9 Å². The van der Waals surface area contributed by atoms with Crippen LogP contribution in [0.2, 0.25) is 0 Å². The molecule has 0 aromatic carbocycles. The highest BCUT2D eigenvalue weighted by molar-refractivity contribution is 5.82. The molecule has 0 radical (unpaired) electrons. The first-order valence-corrected chi connectivity index (χ1v) is 8.02. The molecule has 0 bridgehead atoms. The van der Waals surface area contributed by atoms with E-state index in [9.17, 15) is 4.79 Å². The minimum Gasteiger partial charge on any atom is -0.379 e. The number of ether oxygens (including phenoxy) is 2. The van der Waals surface area contributed by atoms with Crippen LogP contribution in [-0.2, 0) is 14.3 Å². The van der Waals surface area contributed by atoms with Crippen LogP contribution in [0.15, 0.2) is 0 Å². The van der Waals surface area contributed by atoms with Crippen LogP contribution in [0.5, 0.6) is 0 Å². The summed E-state index contributed by atoms with van der Waals surface area (Å²) >= 11 is 0. The van der Waals surface area contributed by atoms with Gasteiger partial charge < -0.3 is 19.7 Å². The first kappa shape index (κ1) is 15.7. The Balaban J connectivity index is 1.64. The lowest BCUT2D eigenvalue weighted by atomic mass is 10.0. The highest BCUT2D eigenvalue weighted by Gasteiger charge is 2.29. The quantitative estimate of drug-likeness (QED) is 0.744. The Morgan fingerprint density at radius 3 is 2.65 bits per heavy atom. The maximum absolute atomic E-state index is 12.4. The van der Waals surface area contributed by atoms with Crippen LogP contribution in [-0.4, -0.2) is 62.4 Å². The summed E-state index contributed by atoms with van der Waals surface area (Å²) in [5.74, 6) is 0.289. The molecule has 5 heteroatoms. The van der Waals surface area contributed by atoms with Crippen LogP contribution in [0, 0.1) is 0 Å². The van der Waals surface area contributed by atoms with Crippen molar-refractivity contribution in [2.45, 2.75) is 51.2 Å². The summed E-state index contributed by atoms with van der Waals surface area (Å²) < 4.78 is 11.0. The first-order valence-electron chi connectivity index (χ1n) is 8.02. The van der Waals surface area contributed by atoms with Gasteiger partial charge in [0.25, 0.3) is 0 Å². The highest BCUT2D eigenvalue weighted by atomic mass is 16.5. The Morgan fingerprint density at radius 1 is 1.20 bits per heavy atom. The van der Waals surface area contributed by atoms with Crippen LogP contribution in [0.25, 0.3) is 0 Å². The van der Waals surface area contributed by atoms with E-state index >= 15 is 0 Å². The summed E-state index contributed by atoms with van der Waals surface area (Å²) in [6.07, 6.45) is 5.54. The third-order valence-corrected chi connectivity index (χ3v) is 4.15. The SMILES string of the molecule is CCOCCOC1CCN(C(=O)[C@H]2CCCCN2)CC1. The maximum atomic E-state index is 12.4. The van der Waals surface area contributed by atoms with E-state index in [1.807, 2.05) is 11.8 Å². The summed E-state index contributed by atoms with van der Waals surface area (Å²) in [6.45, 7) is 6.70. The number of hydrogen-bond acceptors (Lipinski definition) is 4. The van der Waals surface area contributed by atoms with Gasteiger partial charge in [-0.05, 0) is 39.2 Å². The van der Waals surface area contributed by atoms with Gasteiger partial charge in [-0.3, -0.25) is 4.79 Å². The second-order valence-corrected chi connectivity index (χ2v) is 5.59. The van der Waals surface area contributed by atoms with Crippen molar-refractivity contribution in [2.75, 3.05) is 39.5 Å². The van der Waals surface area contributed by atoms with Gasteiger partial charge in [0.05, 0.1) is 25.4 Å². The maximum Gasteiger partial charge on any atom is 0.239 e. The molecule has 2 heterocycles. The molecule has 0 aromatic heterocycles. The van der Waals surface area contributed by atoms with Crippen molar-refractivity contribution < 1.29 is 14.3 Å². The fourth-order valence-corrected chi connectivity index (χ4v) is 2.94. The predicted octanol–water partition coefficient (Wildman–Crippen LogP) is 1.17. The van der Waals surface area contributed by atoms with Gasteiger partial charge in [0, 0.05) is 19.7 Å². The van der Waals surface area contributed by atoms with Crippen molar-refractivity contribution in [3.05, 3.63) is 0 Å². The van der Waals surface area contributed by atoms with Crippen molar-refractivity contribution in [2.24, 2.45) is 0 Å². The molecule has 0 aromatic rings. The summed E-state index contributed by atoms with van der Waals surface area (Å²) in [4.78, 5) is 14.4. The van der Waals surface area contributed by atoms with Gasteiger partial charge in [-0.1, -0.05) is 6.42 Å². The number of amides is 1. The summed E-state index contributed by atoms with van der Waals surface area (Å²) in [6, 6.07) is 0.0548. The molecule has 2 rings (SSSR count). The van der Waals surface area contributed by atoms with Crippen LogP contribution in [0.3, 0.4) is 0 Å². The minimum absolute atomic E-state index is 0.0548. The van der Waals surface area contributed by atoms with E-state index < -0.39 is 0 Å². The molecule has 0 aliphatic carbocycles. The normalized spacial score (nSPS) is 24.9. The molecule has 0 unspecified atom stereocenters. The number of rotatable bonds is 6. The third kappa shape index (κ3) is 4.72. The number of carbonyl (C=O) groups is 1. The molecule has 0 spiro atoms. The lowest BCUT2D eigenvalue weighted by Gasteiger charge is -2.35. The highest BCUT2D eigenvalue weighted by Crippen LogP contribution is 2.17. The number of carbonyl (C=O) groups excluding carboxylic acids is 1. The van der Waals surface area contributed by atoms with Crippen LogP contribution in [0.4, 0.5) is 0 Å². The molecular formula is C15H28N2O3. The molecule has 1 N–H and O–H groups in total. The second-order valence-electron chi connectivity index (χ2n) is 5.59. The molecule has 2 aliphatic heterocycles. The standard InChI is InChI=1S/C15H28N2O3/c1-2-19-11-12-20-13-6-9-17(10-7-13)15(18)14-5-3-4-8-16-14/h13-14,16H,2-12H2,1H3/t14-/m1/s1. The van der Waals surface area contributed by atoms with E-state index in [0.29, 0.717) is 19.3 Å². The minimum atomic E-state index is 0.0548. The number of likely N-dealkylation sites (tertiary alicyclic amines) is 1. The first-order chi connectivity index (χ1) is 9.81. The molecule has 2 fully saturated rings. The molecule has 2 aliphatic rings. The number of nitrogens with zero attached hydrogens (tertiary/aromatic N) is 1. The van der Waals surface area contributed by atoms with Gasteiger partial charge in [-0.15, -0.1) is 0 Å². The zero-order valence-corrected chi connectivity index (χ0v) is 12.6. The Morgan fingerprint density at radius 2 is 2.00 bits per heavy atom. The van der Waals surface area contributed by atoms with Gasteiger partial charge >= 0.3 is 0 Å². The Labute approximate surface area is 122 Å². The average Bonchev–Trinajstić information content (AvgIpc) is 2.52. The van der Waals surface area contributed by atoms with E-state index in [1.165, 1.54) is 12.8 Å². The van der Waals surface area contributed by atoms with Crippen molar-refractivity contribution in [3.63, 3.8) is 0 Å². The molecule has 5 nitrogen and oxygen atoms in total. The summed E-state index contributed by atoms with van der Waals surface area (Å²) in [5.41, 5.74) is 0. The zero-order valence-electron chi connectivity index (χ0n) is 12.6. The van der Waals surface area contributed by atoms with E-state index in [0.717, 1.165) is 45.5 Å². The fraction of sp³-hybridized carbons (Fsp3) is 0.933. The molecule has 0 saturated carbocycles. The molecule has 1 amide bonds. The summed E-state index contributed by atoms with van der Waals surface area (Å²) in [5, 5.41) is 3.34. The van der Waals surface area contributed by atoms with Gasteiger partial charge in [0.1, 0.15) is 0 Å². The Bertz CT molecular complexity index is 285. The molecule has 1 atom stereocenters. The smallest absolute Gasteiger partial charge is 0.239 e. The van der Waals surface area contributed by atoms with Gasteiger partial charge in [-0.25, -0.2) is 0 Å². The Hall–Kier alpha value is -0.650. The second kappa shape index (κ2) is 8.60. The molecule has 116 valence electrons. The van der Waals surface area contributed by atoms with Gasteiger partial charge in [0.15, 0.2) is 0 Å². The van der Waals surface area contributed by atoms with Crippen LogP contribution < -0.4 is 5.32 Å². The van der Waals surface area contributed by atoms with E-state index in [2.05, 4.69) is 5.32 Å². The monoisotopic (exact) mass is 284 g/mol. The van der Waals surface area contributed by atoms with E-state index in [1.54, 1.807) is 0 Å². The van der Waals surface area contributed by atoms with Crippen molar-refractivity contribution in [1.29, 1.82) is 0 Å². The van der Waals surface area contributed by atoms with Crippen LogP contribution >= 0.6 is 0 Å². The van der Waals surface area contributed by atoms with Crippen molar-refractivity contribution >= 4 is 5.91 Å². The molecule has 20 heavy (non-hydrogen) atoms. The predicted molar refractivity (Wildman–Crippen MR) is 77.7 cm³/mol. The van der Waals surface area contributed by atoms with E-state index in [4.69, 9.17) is 9.47 Å². The largest absolute Gasteiger partial charge is 0.379 e. The molecule has 2 saturated heterocycles. The van der Waals surface area contributed by atoms with Crippen molar-refractivity contribution in [3.8, 4) is 0 Å². The van der Waals surface area contributed by atoms with Gasteiger partial charge in [-0.2, -0.15) is 0 Å². The topological polar surface area (TPSA) is 50.8 Å². The number of hydrogen-bond donors (Lipinski definition) is 1. The summed E-state index contributed by atoms with van der Waals surface area (Å²) in [7, 11) is 0. The number of piperidine rings is 2. The lowest BCUT2D eigenvalue weighted by Crippen LogP contribution is -2.51. The Kier molecular flexibility index (Phi) is 6.76. The van der Waals surface area contributed by atoms with Crippen molar-refractivity contribution in [1.82, 2.24) is 10.2 Å². The fourth-order valence-electron chi connectivity index (χ4n) is 2.94. The van der Waals surface area contributed by atoms with Gasteiger partial charge in [0.2, 0.25) is 5.91 Å². The molecular weight excluding hydrogens is 256 g/mol. The average molecular weight is 284 g/mol.